The molecule has 1 amide bonds. The monoisotopic (exact) mass is 213 g/mol. The number of amides is 1. The van der Waals surface area contributed by atoms with Gasteiger partial charge in [-0.15, -0.1) is 0 Å². The molecule has 3 fully saturated rings. The van der Waals surface area contributed by atoms with E-state index in [1.807, 2.05) is 0 Å². The Hall–Kier alpha value is -0.770. The minimum Gasteiger partial charge on any atom is -0.450 e. The molecule has 3 rings (SSSR count). The van der Waals surface area contributed by atoms with E-state index in [-0.39, 0.29) is 23.7 Å². The van der Waals surface area contributed by atoms with E-state index in [0.29, 0.717) is 6.61 Å². The van der Waals surface area contributed by atoms with Crippen LogP contribution in [0.2, 0.25) is 0 Å². The van der Waals surface area contributed by atoms with Crippen LogP contribution in [0.4, 0.5) is 4.79 Å². The van der Waals surface area contributed by atoms with Crippen molar-refractivity contribution >= 4 is 6.09 Å². The first-order chi connectivity index (χ1) is 7.14. The van der Waals surface area contributed by atoms with Crippen LogP contribution in [0.15, 0.2) is 0 Å². The highest BCUT2D eigenvalue weighted by Crippen LogP contribution is 2.66. The summed E-state index contributed by atoms with van der Waals surface area (Å²) >= 11 is 0. The van der Waals surface area contributed by atoms with Crippen LogP contribution in [-0.2, 0) is 4.74 Å². The average Bonchev–Trinajstić information content (AvgIpc) is 2.09. The molecule has 0 heterocycles. The SMILES string of the molecule is CCCCOC(=O)NC12CC(CO)(C1)C2. The smallest absolute Gasteiger partial charge is 0.407 e. The van der Waals surface area contributed by atoms with Gasteiger partial charge in [-0.2, -0.15) is 0 Å². The summed E-state index contributed by atoms with van der Waals surface area (Å²) in [6.45, 7) is 2.82. The Morgan fingerprint density at radius 2 is 2.13 bits per heavy atom. The molecule has 0 saturated heterocycles. The highest BCUT2D eigenvalue weighted by Gasteiger charge is 2.68. The minimum atomic E-state index is -0.297. The Balaban J connectivity index is 1.65. The van der Waals surface area contributed by atoms with Gasteiger partial charge in [-0.05, 0) is 25.7 Å². The first kappa shape index (κ1) is 10.7. The van der Waals surface area contributed by atoms with Crippen LogP contribution in [0.5, 0.6) is 0 Å². The lowest BCUT2D eigenvalue weighted by molar-refractivity contribution is -0.174. The first-order valence-corrected chi connectivity index (χ1v) is 5.70. The number of aliphatic hydroxyl groups excluding tert-OH is 1. The molecule has 3 aliphatic rings. The van der Waals surface area contributed by atoms with Crippen molar-refractivity contribution in [1.29, 1.82) is 0 Å². The fourth-order valence-corrected chi connectivity index (χ4v) is 2.86. The maximum absolute atomic E-state index is 11.3. The van der Waals surface area contributed by atoms with E-state index in [1.165, 1.54) is 0 Å². The third-order valence-corrected chi connectivity index (χ3v) is 3.57. The Morgan fingerprint density at radius 1 is 1.47 bits per heavy atom. The van der Waals surface area contributed by atoms with Gasteiger partial charge in [-0.1, -0.05) is 13.3 Å². The van der Waals surface area contributed by atoms with Gasteiger partial charge in [0.05, 0.1) is 6.61 Å². The number of carbonyl (C=O) groups is 1. The van der Waals surface area contributed by atoms with Crippen LogP contribution >= 0.6 is 0 Å². The number of aliphatic hydroxyl groups is 1. The van der Waals surface area contributed by atoms with Crippen molar-refractivity contribution in [2.75, 3.05) is 13.2 Å². The van der Waals surface area contributed by atoms with Gasteiger partial charge in [0.15, 0.2) is 0 Å². The molecule has 0 aromatic carbocycles. The summed E-state index contributed by atoms with van der Waals surface area (Å²) in [4.78, 5) is 11.3. The Labute approximate surface area is 90.0 Å². The number of hydrogen-bond donors (Lipinski definition) is 2. The molecule has 0 atom stereocenters. The fraction of sp³-hybridized carbons (Fsp3) is 0.909. The summed E-state index contributed by atoms with van der Waals surface area (Å²) in [6.07, 6.45) is 4.40. The van der Waals surface area contributed by atoms with Gasteiger partial charge in [-0.3, -0.25) is 0 Å². The second kappa shape index (κ2) is 3.67. The number of unbranched alkanes of at least 4 members (excludes halogenated alkanes) is 1. The molecule has 86 valence electrons. The number of carbonyl (C=O) groups excluding carboxylic acids is 1. The van der Waals surface area contributed by atoms with Crippen molar-refractivity contribution in [2.45, 2.75) is 44.6 Å². The minimum absolute atomic E-state index is 0.0357. The molecule has 0 radical (unpaired) electrons. The summed E-state index contributed by atoms with van der Waals surface area (Å²) in [5.41, 5.74) is 0.0999. The molecule has 3 saturated carbocycles. The number of ether oxygens (including phenoxy) is 1. The maximum Gasteiger partial charge on any atom is 0.407 e. The van der Waals surface area contributed by atoms with Crippen LogP contribution < -0.4 is 5.32 Å². The number of alkyl carbamates (subject to hydrolysis) is 1. The van der Waals surface area contributed by atoms with E-state index in [0.717, 1.165) is 32.1 Å². The predicted molar refractivity (Wildman–Crippen MR) is 55.5 cm³/mol. The van der Waals surface area contributed by atoms with Gasteiger partial charge in [0, 0.05) is 17.6 Å². The van der Waals surface area contributed by atoms with E-state index in [2.05, 4.69) is 12.2 Å². The molecule has 2 N–H and O–H groups in total. The quantitative estimate of drug-likeness (QED) is 0.679. The van der Waals surface area contributed by atoms with Crippen molar-refractivity contribution in [3.05, 3.63) is 0 Å². The molecule has 4 heteroatoms. The molecule has 4 nitrogen and oxygen atoms in total. The van der Waals surface area contributed by atoms with E-state index >= 15 is 0 Å². The van der Waals surface area contributed by atoms with Gasteiger partial charge in [0.1, 0.15) is 0 Å². The molecule has 3 aliphatic carbocycles. The highest BCUT2D eigenvalue weighted by molar-refractivity contribution is 5.69. The molecule has 2 bridgehead atoms. The second-order valence-corrected chi connectivity index (χ2v) is 5.08. The zero-order valence-corrected chi connectivity index (χ0v) is 9.21. The van der Waals surface area contributed by atoms with Crippen molar-refractivity contribution in [1.82, 2.24) is 5.32 Å². The van der Waals surface area contributed by atoms with Crippen molar-refractivity contribution in [2.24, 2.45) is 5.41 Å². The van der Waals surface area contributed by atoms with Crippen molar-refractivity contribution < 1.29 is 14.6 Å². The molecule has 15 heavy (non-hydrogen) atoms. The number of rotatable bonds is 5. The van der Waals surface area contributed by atoms with Crippen LogP contribution in [-0.4, -0.2) is 30.0 Å². The topological polar surface area (TPSA) is 58.6 Å². The fourth-order valence-electron chi connectivity index (χ4n) is 2.86. The third kappa shape index (κ3) is 1.83. The Bertz CT molecular complexity index is 245. The van der Waals surface area contributed by atoms with Crippen LogP contribution in [0.25, 0.3) is 0 Å². The lowest BCUT2D eigenvalue weighted by Gasteiger charge is -2.69. The molecule has 0 aliphatic heterocycles. The third-order valence-electron chi connectivity index (χ3n) is 3.57. The van der Waals surface area contributed by atoms with Crippen LogP contribution in [0, 0.1) is 5.41 Å². The Kier molecular flexibility index (Phi) is 2.63. The summed E-state index contributed by atoms with van der Waals surface area (Å²) in [6, 6.07) is 0. The van der Waals surface area contributed by atoms with Gasteiger partial charge >= 0.3 is 6.09 Å². The van der Waals surface area contributed by atoms with Gasteiger partial charge in [0.25, 0.3) is 0 Å². The van der Waals surface area contributed by atoms with Gasteiger partial charge < -0.3 is 15.2 Å². The largest absolute Gasteiger partial charge is 0.450 e. The molecule has 0 aromatic rings. The lowest BCUT2D eigenvalue weighted by Crippen LogP contribution is -2.75. The van der Waals surface area contributed by atoms with Crippen LogP contribution in [0.1, 0.15) is 39.0 Å². The van der Waals surface area contributed by atoms with Gasteiger partial charge in [-0.25, -0.2) is 4.79 Å². The van der Waals surface area contributed by atoms with E-state index in [4.69, 9.17) is 9.84 Å². The maximum atomic E-state index is 11.3. The normalized spacial score (nSPS) is 36.4. The zero-order valence-electron chi connectivity index (χ0n) is 9.21. The van der Waals surface area contributed by atoms with E-state index in [9.17, 15) is 4.79 Å². The lowest BCUT2D eigenvalue weighted by atomic mass is 9.40. The van der Waals surface area contributed by atoms with E-state index in [1.54, 1.807) is 0 Å². The second-order valence-electron chi connectivity index (χ2n) is 5.08. The molecular formula is C11H19NO3. The standard InChI is InChI=1S/C11H19NO3/c1-2-3-4-15-9(14)12-11-5-10(6-11,7-11)8-13/h13H,2-8H2,1H3,(H,12,14). The number of nitrogens with one attached hydrogen (secondary N) is 1. The highest BCUT2D eigenvalue weighted by atomic mass is 16.5. The van der Waals surface area contributed by atoms with Crippen LogP contribution in [0.3, 0.4) is 0 Å². The molecular weight excluding hydrogens is 194 g/mol. The molecule has 0 aromatic heterocycles. The zero-order chi connectivity index (χ0) is 10.9. The van der Waals surface area contributed by atoms with E-state index < -0.39 is 0 Å². The molecule has 0 unspecified atom stereocenters. The summed E-state index contributed by atoms with van der Waals surface area (Å²) < 4.78 is 5.03. The van der Waals surface area contributed by atoms with Crippen molar-refractivity contribution in [3.63, 3.8) is 0 Å². The van der Waals surface area contributed by atoms with Crippen molar-refractivity contribution in [3.8, 4) is 0 Å². The molecule has 0 spiro atoms. The summed E-state index contributed by atoms with van der Waals surface area (Å²) in [7, 11) is 0. The first-order valence-electron chi connectivity index (χ1n) is 5.70. The van der Waals surface area contributed by atoms with Gasteiger partial charge in [0.2, 0.25) is 0 Å². The average molecular weight is 213 g/mol. The summed E-state index contributed by atoms with van der Waals surface area (Å²) in [5.74, 6) is 0. The Morgan fingerprint density at radius 3 is 2.67 bits per heavy atom. The summed E-state index contributed by atoms with van der Waals surface area (Å²) in [5, 5.41) is 12.0. The number of hydrogen-bond acceptors (Lipinski definition) is 3. The predicted octanol–water partition coefficient (Wildman–Crippen LogP) is 1.43.